The van der Waals surface area contributed by atoms with E-state index in [0.29, 0.717) is 66.1 Å². The lowest BCUT2D eigenvalue weighted by molar-refractivity contribution is -0.110. The maximum atomic E-state index is 13.5. The highest BCUT2D eigenvalue weighted by molar-refractivity contribution is 7.22. The van der Waals surface area contributed by atoms with Crippen LogP contribution in [0, 0.1) is 18.3 Å². The first kappa shape index (κ1) is 34.0. The summed E-state index contributed by atoms with van der Waals surface area (Å²) in [6, 6.07) is 23.0. The first-order valence-electron chi connectivity index (χ1n) is 17.9. The fraction of sp³-hybridized carbons (Fsp3) is 0.341. The van der Waals surface area contributed by atoms with Crippen LogP contribution in [0.5, 0.6) is 5.75 Å². The van der Waals surface area contributed by atoms with Crippen molar-refractivity contribution in [2.75, 3.05) is 43.0 Å². The fourth-order valence-electron chi connectivity index (χ4n) is 8.36. The van der Waals surface area contributed by atoms with E-state index in [1.165, 1.54) is 11.3 Å². The van der Waals surface area contributed by atoms with Crippen LogP contribution in [0.3, 0.4) is 0 Å². The Kier molecular flexibility index (Phi) is 9.23. The lowest BCUT2D eigenvalue weighted by Gasteiger charge is -2.52. The van der Waals surface area contributed by atoms with Crippen LogP contribution in [-0.4, -0.2) is 70.9 Å². The number of aromatic nitrogens is 2. The number of carboxylic acid groups (broad SMARTS) is 1. The standard InChI is InChI=1S/C41H41N5O5S/c1-26-29(7-5-10-34(26)51-25-27-22-41(23-27)15-18-45(19-16-41)20-21-47)30-12-13-36(43-37(30)39(49)50)46-17-14-28-6-4-8-31(32(28)24-46)38(48)44-40-42-33-9-2-3-11-35(33)52-40/h2-13,21,27H,14-20,22-25H2,1H3,(H,49,50)(H,42,44,48). The van der Waals surface area contributed by atoms with Gasteiger partial charge in [-0.3, -0.25) is 15.0 Å². The molecule has 1 amide bonds. The maximum absolute atomic E-state index is 13.5. The summed E-state index contributed by atoms with van der Waals surface area (Å²) in [5, 5.41) is 13.9. The lowest BCUT2D eigenvalue weighted by Crippen LogP contribution is -2.48. The zero-order chi connectivity index (χ0) is 35.8. The molecule has 1 spiro atoms. The molecule has 8 rings (SSSR count). The number of aldehydes is 1. The first-order valence-corrected chi connectivity index (χ1v) is 18.8. The van der Waals surface area contributed by atoms with Gasteiger partial charge >= 0.3 is 5.97 Å². The van der Waals surface area contributed by atoms with Crippen LogP contribution >= 0.6 is 11.3 Å². The average molecular weight is 716 g/mol. The molecule has 52 heavy (non-hydrogen) atoms. The van der Waals surface area contributed by atoms with Gasteiger partial charge in [0.1, 0.15) is 17.9 Å². The van der Waals surface area contributed by atoms with Gasteiger partial charge in [-0.1, -0.05) is 47.7 Å². The molecule has 1 aliphatic carbocycles. The molecule has 4 heterocycles. The van der Waals surface area contributed by atoms with Crippen molar-refractivity contribution in [3.8, 4) is 16.9 Å². The van der Waals surface area contributed by atoms with Gasteiger partial charge in [0.05, 0.1) is 23.4 Å². The SMILES string of the molecule is Cc1c(OCC2CC3(CCN(CC=O)CC3)C2)cccc1-c1ccc(N2CCc3cccc(C(=O)Nc4nc5ccccc5s4)c3C2)nc1C(=O)O. The summed E-state index contributed by atoms with van der Waals surface area (Å²) < 4.78 is 7.37. The molecule has 2 N–H and O–H groups in total. The normalized spacial score (nSPS) is 17.1. The summed E-state index contributed by atoms with van der Waals surface area (Å²) in [5.41, 5.74) is 5.96. The van der Waals surface area contributed by atoms with Crippen molar-refractivity contribution >= 4 is 50.7 Å². The number of thiazole rings is 1. The summed E-state index contributed by atoms with van der Waals surface area (Å²) in [5.74, 6) is 0.469. The minimum Gasteiger partial charge on any atom is -0.493 e. The number of hydrogen-bond acceptors (Lipinski definition) is 9. The molecule has 2 fully saturated rings. The van der Waals surface area contributed by atoms with Gasteiger partial charge in [0.25, 0.3) is 5.91 Å². The minimum atomic E-state index is -1.10. The van der Waals surface area contributed by atoms with E-state index in [1.807, 2.05) is 84.6 Å². The number of likely N-dealkylation sites (tertiary alicyclic amines) is 1. The van der Waals surface area contributed by atoms with Crippen LogP contribution in [0.2, 0.25) is 0 Å². The van der Waals surface area contributed by atoms with Gasteiger partial charge < -0.3 is 19.5 Å². The number of rotatable bonds is 10. The molecule has 0 atom stereocenters. The summed E-state index contributed by atoms with van der Waals surface area (Å²) in [4.78, 5) is 50.6. The molecule has 10 nitrogen and oxygen atoms in total. The summed E-state index contributed by atoms with van der Waals surface area (Å²) in [7, 11) is 0. The topological polar surface area (TPSA) is 125 Å². The molecule has 2 aliphatic heterocycles. The Hall–Kier alpha value is -5.13. The van der Waals surface area contributed by atoms with Gasteiger partial charge in [0.15, 0.2) is 10.8 Å². The number of fused-ring (bicyclic) bond motifs is 2. The predicted molar refractivity (Wildman–Crippen MR) is 203 cm³/mol. The number of carbonyl (C=O) groups is 3. The van der Waals surface area contributed by atoms with Gasteiger partial charge in [-0.2, -0.15) is 0 Å². The minimum absolute atomic E-state index is 0.0210. The van der Waals surface area contributed by atoms with Crippen molar-refractivity contribution in [1.82, 2.24) is 14.9 Å². The number of aromatic carboxylic acids is 1. The van der Waals surface area contributed by atoms with Crippen molar-refractivity contribution < 1.29 is 24.2 Å². The number of amides is 1. The second kappa shape index (κ2) is 14.1. The lowest BCUT2D eigenvalue weighted by atomic mass is 9.58. The Bertz CT molecular complexity index is 2130. The van der Waals surface area contributed by atoms with E-state index in [0.717, 1.165) is 83.3 Å². The quantitative estimate of drug-likeness (QED) is 0.144. The average Bonchev–Trinajstić information content (AvgIpc) is 3.56. The fourth-order valence-corrected chi connectivity index (χ4v) is 9.22. The van der Waals surface area contributed by atoms with Crippen LogP contribution in [0.25, 0.3) is 21.3 Å². The molecule has 11 heteroatoms. The number of hydrogen-bond donors (Lipinski definition) is 2. The van der Waals surface area contributed by atoms with Crippen LogP contribution in [0.4, 0.5) is 10.9 Å². The highest BCUT2D eigenvalue weighted by Gasteiger charge is 2.45. The Morgan fingerprint density at radius 3 is 2.58 bits per heavy atom. The molecule has 1 saturated heterocycles. The number of pyridine rings is 1. The molecule has 2 aromatic heterocycles. The Morgan fingerprint density at radius 1 is 0.981 bits per heavy atom. The number of nitrogens with zero attached hydrogens (tertiary/aromatic N) is 4. The third-order valence-corrected chi connectivity index (χ3v) is 12.1. The highest BCUT2D eigenvalue weighted by atomic mass is 32.1. The number of piperidine rings is 1. The number of carbonyl (C=O) groups excluding carboxylic acids is 2. The van der Waals surface area contributed by atoms with Gasteiger partial charge in [0, 0.05) is 24.2 Å². The second-order valence-electron chi connectivity index (χ2n) is 14.4. The van der Waals surface area contributed by atoms with E-state index < -0.39 is 5.97 Å². The van der Waals surface area contributed by atoms with E-state index in [4.69, 9.17) is 9.72 Å². The molecule has 3 aliphatic rings. The molecule has 0 bridgehead atoms. The van der Waals surface area contributed by atoms with E-state index in [2.05, 4.69) is 15.2 Å². The van der Waals surface area contributed by atoms with Crippen LogP contribution in [0.1, 0.15) is 63.2 Å². The van der Waals surface area contributed by atoms with Gasteiger partial charge in [0.2, 0.25) is 0 Å². The van der Waals surface area contributed by atoms with Crippen molar-refractivity contribution in [3.05, 3.63) is 101 Å². The first-order chi connectivity index (χ1) is 25.3. The smallest absolute Gasteiger partial charge is 0.355 e. The van der Waals surface area contributed by atoms with Crippen molar-refractivity contribution in [1.29, 1.82) is 0 Å². The molecule has 3 aromatic carbocycles. The molecular weight excluding hydrogens is 675 g/mol. The summed E-state index contributed by atoms with van der Waals surface area (Å²) >= 11 is 1.44. The van der Waals surface area contributed by atoms with E-state index in [9.17, 15) is 19.5 Å². The number of para-hydroxylation sites is 1. The third-order valence-electron chi connectivity index (χ3n) is 11.2. The van der Waals surface area contributed by atoms with Gasteiger partial charge in [-0.25, -0.2) is 14.8 Å². The van der Waals surface area contributed by atoms with Gasteiger partial charge in [-0.15, -0.1) is 0 Å². The number of nitrogens with one attached hydrogen (secondary N) is 1. The van der Waals surface area contributed by atoms with Crippen LogP contribution in [0.15, 0.2) is 72.8 Å². The Balaban J connectivity index is 0.966. The predicted octanol–water partition coefficient (Wildman–Crippen LogP) is 7.25. The zero-order valence-corrected chi connectivity index (χ0v) is 30.0. The number of anilines is 2. The van der Waals surface area contributed by atoms with Gasteiger partial charge in [-0.05, 0) is 122 Å². The monoisotopic (exact) mass is 715 g/mol. The van der Waals surface area contributed by atoms with E-state index in [-0.39, 0.29) is 11.6 Å². The highest BCUT2D eigenvalue weighted by Crippen LogP contribution is 2.52. The molecule has 266 valence electrons. The molecular formula is C41H41N5O5S. The van der Waals surface area contributed by atoms with Crippen molar-refractivity contribution in [2.24, 2.45) is 11.3 Å². The zero-order valence-electron chi connectivity index (χ0n) is 29.1. The largest absolute Gasteiger partial charge is 0.493 e. The molecule has 5 aromatic rings. The summed E-state index contributed by atoms with van der Waals surface area (Å²) in [6.07, 6.45) is 6.26. The second-order valence-corrected chi connectivity index (χ2v) is 15.4. The Morgan fingerprint density at radius 2 is 1.79 bits per heavy atom. The maximum Gasteiger partial charge on any atom is 0.355 e. The molecule has 1 saturated carbocycles. The van der Waals surface area contributed by atoms with Crippen LogP contribution in [-0.2, 0) is 17.8 Å². The van der Waals surface area contributed by atoms with E-state index in [1.54, 1.807) is 0 Å². The van der Waals surface area contributed by atoms with Crippen LogP contribution < -0.4 is 15.0 Å². The number of ether oxygens (including phenoxy) is 1. The Labute approximate surface area is 306 Å². The number of carboxylic acids is 1. The molecule has 0 unspecified atom stereocenters. The summed E-state index contributed by atoms with van der Waals surface area (Å²) in [6.45, 7) is 6.17. The molecule has 0 radical (unpaired) electrons. The van der Waals surface area contributed by atoms with E-state index >= 15 is 0 Å². The third kappa shape index (κ3) is 6.66. The van der Waals surface area contributed by atoms with Crippen molar-refractivity contribution in [3.63, 3.8) is 0 Å². The van der Waals surface area contributed by atoms with Crippen molar-refractivity contribution in [2.45, 2.75) is 45.6 Å². The number of benzene rings is 3.